The Hall–Kier alpha value is -0.610. The Morgan fingerprint density at radius 3 is 2.60 bits per heavy atom. The zero-order chi connectivity index (χ0) is 10.7. The van der Waals surface area contributed by atoms with Crippen molar-refractivity contribution in [2.45, 2.75) is 31.7 Å². The molecule has 1 atom stereocenters. The monoisotopic (exact) mass is 211 g/mol. The highest BCUT2D eigenvalue weighted by molar-refractivity contribution is 5.86. The molecule has 2 saturated heterocycles. The summed E-state index contributed by atoms with van der Waals surface area (Å²) < 4.78 is 0. The van der Waals surface area contributed by atoms with E-state index in [1.807, 2.05) is 4.90 Å². The summed E-state index contributed by atoms with van der Waals surface area (Å²) in [5.74, 6) is 0.323. The number of nitrogens with one attached hydrogen (secondary N) is 2. The molecule has 86 valence electrons. The third-order valence-corrected chi connectivity index (χ3v) is 3.66. The van der Waals surface area contributed by atoms with Gasteiger partial charge < -0.3 is 15.5 Å². The van der Waals surface area contributed by atoms with Gasteiger partial charge in [0.05, 0.1) is 5.54 Å². The van der Waals surface area contributed by atoms with Crippen LogP contribution < -0.4 is 10.6 Å². The zero-order valence-electron chi connectivity index (χ0n) is 9.51. The molecule has 2 fully saturated rings. The Morgan fingerprint density at radius 1 is 1.33 bits per heavy atom. The van der Waals surface area contributed by atoms with Crippen LogP contribution in [0.1, 0.15) is 26.2 Å². The van der Waals surface area contributed by atoms with Crippen LogP contribution in [0.4, 0.5) is 0 Å². The molecule has 4 nitrogen and oxygen atoms in total. The predicted octanol–water partition coefficient (Wildman–Crippen LogP) is -0.0496. The minimum absolute atomic E-state index is 0.239. The van der Waals surface area contributed by atoms with E-state index in [1.54, 1.807) is 0 Å². The zero-order valence-corrected chi connectivity index (χ0v) is 9.51. The molecular formula is C11H21N3O. The van der Waals surface area contributed by atoms with Gasteiger partial charge in [-0.3, -0.25) is 4.79 Å². The van der Waals surface area contributed by atoms with E-state index in [4.69, 9.17) is 0 Å². The topological polar surface area (TPSA) is 44.4 Å². The number of rotatable bonds is 2. The minimum atomic E-state index is -0.239. The summed E-state index contributed by atoms with van der Waals surface area (Å²) in [6.07, 6.45) is 3.05. The maximum atomic E-state index is 12.4. The molecule has 1 amide bonds. The largest absolute Gasteiger partial charge is 0.339 e. The van der Waals surface area contributed by atoms with Crippen molar-refractivity contribution in [2.24, 2.45) is 0 Å². The summed E-state index contributed by atoms with van der Waals surface area (Å²) in [5.41, 5.74) is -0.239. The van der Waals surface area contributed by atoms with Crippen molar-refractivity contribution >= 4 is 5.91 Å². The fraction of sp³-hybridized carbons (Fsp3) is 0.909. The molecule has 0 bridgehead atoms. The average molecular weight is 211 g/mol. The van der Waals surface area contributed by atoms with Crippen LogP contribution >= 0.6 is 0 Å². The quantitative estimate of drug-likeness (QED) is 0.673. The molecule has 0 aromatic heterocycles. The Bertz CT molecular complexity index is 230. The van der Waals surface area contributed by atoms with Gasteiger partial charge in [-0.1, -0.05) is 6.92 Å². The van der Waals surface area contributed by atoms with E-state index in [1.165, 1.54) is 0 Å². The molecule has 0 saturated carbocycles. The fourth-order valence-corrected chi connectivity index (χ4v) is 2.61. The number of carbonyl (C=O) groups is 1. The Labute approximate surface area is 91.4 Å². The smallest absolute Gasteiger partial charge is 0.242 e. The van der Waals surface area contributed by atoms with Crippen LogP contribution in [0.25, 0.3) is 0 Å². The number of hydrogen-bond donors (Lipinski definition) is 2. The molecule has 2 aliphatic heterocycles. The summed E-state index contributed by atoms with van der Waals surface area (Å²) in [7, 11) is 0. The van der Waals surface area contributed by atoms with Crippen molar-refractivity contribution in [3.63, 3.8) is 0 Å². The van der Waals surface area contributed by atoms with Gasteiger partial charge in [0.15, 0.2) is 0 Å². The molecule has 0 aromatic rings. The van der Waals surface area contributed by atoms with Crippen LogP contribution in [0.15, 0.2) is 0 Å². The highest BCUT2D eigenvalue weighted by Crippen LogP contribution is 2.25. The third kappa shape index (κ3) is 2.01. The molecular weight excluding hydrogens is 190 g/mol. The first-order valence-corrected chi connectivity index (χ1v) is 6.04. The summed E-state index contributed by atoms with van der Waals surface area (Å²) in [5, 5.41) is 6.68. The molecule has 0 spiro atoms. The Morgan fingerprint density at radius 2 is 2.07 bits per heavy atom. The Balaban J connectivity index is 2.03. The first-order valence-electron chi connectivity index (χ1n) is 6.04. The molecule has 0 radical (unpaired) electrons. The summed E-state index contributed by atoms with van der Waals surface area (Å²) >= 11 is 0. The molecule has 4 heteroatoms. The van der Waals surface area contributed by atoms with Crippen LogP contribution in [-0.2, 0) is 4.79 Å². The van der Waals surface area contributed by atoms with Crippen LogP contribution in [0.2, 0.25) is 0 Å². The molecule has 15 heavy (non-hydrogen) atoms. The molecule has 2 heterocycles. The number of hydrogen-bond acceptors (Lipinski definition) is 3. The van der Waals surface area contributed by atoms with E-state index >= 15 is 0 Å². The predicted molar refractivity (Wildman–Crippen MR) is 59.7 cm³/mol. The lowest BCUT2D eigenvalue weighted by Crippen LogP contribution is -2.58. The average Bonchev–Trinajstić information content (AvgIpc) is 2.79. The molecule has 0 unspecified atom stereocenters. The van der Waals surface area contributed by atoms with Crippen molar-refractivity contribution in [1.82, 2.24) is 15.5 Å². The molecule has 0 aromatic carbocycles. The fourth-order valence-electron chi connectivity index (χ4n) is 2.61. The number of carbonyl (C=O) groups excluding carboxylic acids is 1. The number of piperazine rings is 1. The number of amides is 1. The molecule has 0 aliphatic carbocycles. The van der Waals surface area contributed by atoms with E-state index in [2.05, 4.69) is 17.6 Å². The molecule has 2 rings (SSSR count). The van der Waals surface area contributed by atoms with Crippen molar-refractivity contribution < 1.29 is 4.79 Å². The highest BCUT2D eigenvalue weighted by Gasteiger charge is 2.41. The first-order chi connectivity index (χ1) is 7.28. The maximum Gasteiger partial charge on any atom is 0.242 e. The summed E-state index contributed by atoms with van der Waals surface area (Å²) in [6, 6.07) is 0. The van der Waals surface area contributed by atoms with Gasteiger partial charge in [-0.2, -0.15) is 0 Å². The SMILES string of the molecule is CC[C@]1(C(=O)N2CCNCC2)CCCN1. The van der Waals surface area contributed by atoms with Crippen LogP contribution in [0.3, 0.4) is 0 Å². The van der Waals surface area contributed by atoms with Gasteiger partial charge >= 0.3 is 0 Å². The van der Waals surface area contributed by atoms with Crippen molar-refractivity contribution in [3.8, 4) is 0 Å². The van der Waals surface area contributed by atoms with E-state index in [-0.39, 0.29) is 5.54 Å². The standard InChI is InChI=1S/C11H21N3O/c1-2-11(4-3-5-13-11)10(15)14-8-6-12-7-9-14/h12-13H,2-9H2,1H3/t11-/m1/s1. The van der Waals surface area contributed by atoms with E-state index in [0.29, 0.717) is 5.91 Å². The van der Waals surface area contributed by atoms with Gasteiger partial charge in [-0.25, -0.2) is 0 Å². The summed E-state index contributed by atoms with van der Waals surface area (Å²) in [6.45, 7) is 6.70. The normalized spacial score (nSPS) is 31.9. The van der Waals surface area contributed by atoms with Gasteiger partial charge in [-0.15, -0.1) is 0 Å². The van der Waals surface area contributed by atoms with Crippen molar-refractivity contribution in [1.29, 1.82) is 0 Å². The lowest BCUT2D eigenvalue weighted by molar-refractivity contribution is -0.138. The molecule has 2 N–H and O–H groups in total. The second-order valence-corrected chi connectivity index (χ2v) is 4.51. The van der Waals surface area contributed by atoms with Gasteiger partial charge in [0.1, 0.15) is 0 Å². The van der Waals surface area contributed by atoms with E-state index < -0.39 is 0 Å². The van der Waals surface area contributed by atoms with Gasteiger partial charge in [-0.05, 0) is 25.8 Å². The first kappa shape index (κ1) is 10.9. The third-order valence-electron chi connectivity index (χ3n) is 3.66. The lowest BCUT2D eigenvalue weighted by atomic mass is 9.92. The van der Waals surface area contributed by atoms with Crippen molar-refractivity contribution in [3.05, 3.63) is 0 Å². The number of nitrogens with zero attached hydrogens (tertiary/aromatic N) is 1. The van der Waals surface area contributed by atoms with E-state index in [0.717, 1.165) is 52.0 Å². The minimum Gasteiger partial charge on any atom is -0.339 e. The van der Waals surface area contributed by atoms with Crippen LogP contribution in [0, 0.1) is 0 Å². The van der Waals surface area contributed by atoms with Gasteiger partial charge in [0.25, 0.3) is 0 Å². The molecule has 2 aliphatic rings. The Kier molecular flexibility index (Phi) is 3.26. The second kappa shape index (κ2) is 4.49. The van der Waals surface area contributed by atoms with Crippen LogP contribution in [-0.4, -0.2) is 49.1 Å². The highest BCUT2D eigenvalue weighted by atomic mass is 16.2. The van der Waals surface area contributed by atoms with Crippen LogP contribution in [0.5, 0.6) is 0 Å². The van der Waals surface area contributed by atoms with Gasteiger partial charge in [0.2, 0.25) is 5.91 Å². The second-order valence-electron chi connectivity index (χ2n) is 4.51. The maximum absolute atomic E-state index is 12.4. The van der Waals surface area contributed by atoms with Gasteiger partial charge in [0, 0.05) is 26.2 Å². The lowest BCUT2D eigenvalue weighted by Gasteiger charge is -2.36. The summed E-state index contributed by atoms with van der Waals surface area (Å²) in [4.78, 5) is 14.4. The van der Waals surface area contributed by atoms with Crippen molar-refractivity contribution in [2.75, 3.05) is 32.7 Å². The van der Waals surface area contributed by atoms with E-state index in [9.17, 15) is 4.79 Å².